The second kappa shape index (κ2) is 10.3. The average Bonchev–Trinajstić information content (AvgIpc) is 2.64. The molecule has 0 spiro atoms. The van der Waals surface area contributed by atoms with Crippen molar-refractivity contribution in [2.45, 2.75) is 70.0 Å². The number of hydrogen-bond donors (Lipinski definition) is 3. The van der Waals surface area contributed by atoms with Crippen LogP contribution in [-0.2, 0) is 6.42 Å². The first kappa shape index (κ1) is 25.0. The van der Waals surface area contributed by atoms with Crippen LogP contribution in [0.5, 0.6) is 0 Å². The predicted molar refractivity (Wildman–Crippen MR) is 128 cm³/mol. The van der Waals surface area contributed by atoms with Crippen molar-refractivity contribution in [1.29, 1.82) is 0 Å². The first-order valence-electron chi connectivity index (χ1n) is 10.5. The number of aliphatic hydroxyl groups is 1. The molecule has 0 unspecified atom stereocenters. The van der Waals surface area contributed by atoms with Gasteiger partial charge in [-0.15, -0.1) is 11.8 Å². The highest BCUT2D eigenvalue weighted by Gasteiger charge is 2.21. The Morgan fingerprint density at radius 1 is 0.839 bits per heavy atom. The van der Waals surface area contributed by atoms with Gasteiger partial charge in [-0.25, -0.2) is 0 Å². The Labute approximate surface area is 190 Å². The number of thioether (sulfide) groups is 1. The lowest BCUT2D eigenvalue weighted by Gasteiger charge is -2.22. The minimum Gasteiger partial charge on any atom is -0.392 e. The summed E-state index contributed by atoms with van der Waals surface area (Å²) < 4.78 is 0. The third kappa shape index (κ3) is 8.38. The summed E-state index contributed by atoms with van der Waals surface area (Å²) >= 11 is 1.44. The molecule has 0 radical (unpaired) electrons. The lowest BCUT2D eigenvalue weighted by atomic mass is 10.00. The van der Waals surface area contributed by atoms with Crippen LogP contribution in [0.3, 0.4) is 0 Å². The molecule has 2 aromatic carbocycles. The van der Waals surface area contributed by atoms with Crippen molar-refractivity contribution in [3.8, 4) is 0 Å². The summed E-state index contributed by atoms with van der Waals surface area (Å²) in [5.74, 6) is 0.135. The summed E-state index contributed by atoms with van der Waals surface area (Å²) in [5, 5.41) is 16.6. The van der Waals surface area contributed by atoms with Crippen molar-refractivity contribution in [3.63, 3.8) is 0 Å². The van der Waals surface area contributed by atoms with Crippen LogP contribution in [0.15, 0.2) is 53.4 Å². The summed E-state index contributed by atoms with van der Waals surface area (Å²) in [6.45, 7) is 11.6. The quantitative estimate of drug-likeness (QED) is 0.554. The number of aliphatic hydroxyl groups excluding tert-OH is 1. The zero-order valence-electron chi connectivity index (χ0n) is 19.3. The third-order valence-electron chi connectivity index (χ3n) is 4.26. The molecule has 0 heterocycles. The van der Waals surface area contributed by atoms with Gasteiger partial charge in [-0.05, 0) is 71.7 Å². The molecule has 2 amide bonds. The number of amides is 2. The molecule has 31 heavy (non-hydrogen) atoms. The lowest BCUT2D eigenvalue weighted by Crippen LogP contribution is -2.41. The van der Waals surface area contributed by atoms with Crippen LogP contribution in [0.2, 0.25) is 0 Å². The number of rotatable bonds is 7. The molecule has 0 aromatic heterocycles. The molecule has 0 bridgehead atoms. The molecule has 5 nitrogen and oxygen atoms in total. The zero-order chi connectivity index (χ0) is 23.2. The van der Waals surface area contributed by atoms with Crippen LogP contribution < -0.4 is 10.6 Å². The molecule has 6 heteroatoms. The lowest BCUT2D eigenvalue weighted by molar-refractivity contribution is 0.0907. The first-order valence-corrected chi connectivity index (χ1v) is 11.5. The van der Waals surface area contributed by atoms with Gasteiger partial charge < -0.3 is 15.7 Å². The van der Waals surface area contributed by atoms with E-state index in [-0.39, 0.29) is 22.9 Å². The van der Waals surface area contributed by atoms with Crippen molar-refractivity contribution < 1.29 is 14.7 Å². The van der Waals surface area contributed by atoms with Crippen LogP contribution in [0.4, 0.5) is 0 Å². The summed E-state index contributed by atoms with van der Waals surface area (Å²) in [7, 11) is 0. The Morgan fingerprint density at radius 2 is 1.32 bits per heavy atom. The van der Waals surface area contributed by atoms with Gasteiger partial charge in [0.2, 0.25) is 0 Å². The van der Waals surface area contributed by atoms with Gasteiger partial charge in [0.15, 0.2) is 0 Å². The van der Waals surface area contributed by atoms with Crippen molar-refractivity contribution in [2.75, 3.05) is 5.75 Å². The van der Waals surface area contributed by atoms with Crippen molar-refractivity contribution in [1.82, 2.24) is 10.6 Å². The molecule has 3 N–H and O–H groups in total. The van der Waals surface area contributed by atoms with Gasteiger partial charge in [0.05, 0.1) is 11.7 Å². The molecule has 1 atom stereocenters. The molecule has 0 aliphatic carbocycles. The van der Waals surface area contributed by atoms with Crippen molar-refractivity contribution >= 4 is 23.6 Å². The van der Waals surface area contributed by atoms with Crippen LogP contribution >= 0.6 is 11.8 Å². The van der Waals surface area contributed by atoms with E-state index in [1.165, 1.54) is 11.8 Å². The van der Waals surface area contributed by atoms with Gasteiger partial charge in [0.25, 0.3) is 11.8 Å². The second-order valence-corrected chi connectivity index (χ2v) is 10.8. The van der Waals surface area contributed by atoms with E-state index < -0.39 is 6.10 Å². The summed E-state index contributed by atoms with van der Waals surface area (Å²) in [6.07, 6.45) is -0.302. The molecular weight excluding hydrogens is 408 g/mol. The summed E-state index contributed by atoms with van der Waals surface area (Å²) in [6, 6.07) is 14.7. The SMILES string of the molecule is CC(C)(C)NC(=O)c1ccccc1C[C@H](O)CSc1ccccc1C(=O)NC(C)(C)C. The zero-order valence-corrected chi connectivity index (χ0v) is 20.1. The minimum atomic E-state index is -0.660. The Kier molecular flexibility index (Phi) is 8.32. The highest BCUT2D eigenvalue weighted by molar-refractivity contribution is 7.99. The van der Waals surface area contributed by atoms with Crippen LogP contribution in [-0.4, -0.2) is 39.9 Å². The maximum atomic E-state index is 12.6. The number of nitrogens with one attached hydrogen (secondary N) is 2. The van der Waals surface area contributed by atoms with Crippen LogP contribution in [0.25, 0.3) is 0 Å². The topological polar surface area (TPSA) is 78.4 Å². The van der Waals surface area contributed by atoms with E-state index in [0.29, 0.717) is 23.3 Å². The molecule has 0 fully saturated rings. The first-order chi connectivity index (χ1) is 14.4. The number of carbonyl (C=O) groups excluding carboxylic acids is 2. The Balaban J connectivity index is 2.07. The number of carbonyl (C=O) groups is 2. The van der Waals surface area contributed by atoms with E-state index in [1.807, 2.05) is 77.9 Å². The normalized spacial score (nSPS) is 12.9. The largest absolute Gasteiger partial charge is 0.392 e. The highest BCUT2D eigenvalue weighted by atomic mass is 32.2. The van der Waals surface area contributed by atoms with Crippen LogP contribution in [0, 0.1) is 0 Å². The predicted octanol–water partition coefficient (Wildman–Crippen LogP) is 4.44. The minimum absolute atomic E-state index is 0.130. The maximum absolute atomic E-state index is 12.6. The van der Waals surface area contributed by atoms with Gasteiger partial charge in [-0.3, -0.25) is 9.59 Å². The molecular formula is C25H34N2O3S. The van der Waals surface area contributed by atoms with Gasteiger partial charge in [-0.2, -0.15) is 0 Å². The van der Waals surface area contributed by atoms with E-state index in [2.05, 4.69) is 10.6 Å². The van der Waals surface area contributed by atoms with Crippen molar-refractivity contribution in [3.05, 3.63) is 65.2 Å². The fourth-order valence-corrected chi connectivity index (χ4v) is 4.00. The molecule has 168 valence electrons. The van der Waals surface area contributed by atoms with Crippen LogP contribution in [0.1, 0.15) is 67.8 Å². The average molecular weight is 443 g/mol. The summed E-state index contributed by atoms with van der Waals surface area (Å²) in [4.78, 5) is 26.1. The highest BCUT2D eigenvalue weighted by Crippen LogP contribution is 2.25. The van der Waals surface area contributed by atoms with Gasteiger partial charge in [-0.1, -0.05) is 30.3 Å². The monoisotopic (exact) mass is 442 g/mol. The van der Waals surface area contributed by atoms with Gasteiger partial charge in [0, 0.05) is 27.3 Å². The van der Waals surface area contributed by atoms with Gasteiger partial charge in [0.1, 0.15) is 0 Å². The molecule has 2 aromatic rings. The fraction of sp³-hybridized carbons (Fsp3) is 0.440. The standard InChI is InChI=1S/C25H34N2O3S/c1-24(2,3)26-22(29)19-12-8-7-11-17(19)15-18(28)16-31-21-14-10-9-13-20(21)23(30)27-25(4,5)6/h7-14,18,28H,15-16H2,1-6H3,(H,26,29)(H,27,30)/t18-/m0/s1. The smallest absolute Gasteiger partial charge is 0.252 e. The maximum Gasteiger partial charge on any atom is 0.252 e. The van der Waals surface area contributed by atoms with E-state index >= 15 is 0 Å². The van der Waals surface area contributed by atoms with E-state index in [4.69, 9.17) is 0 Å². The Bertz CT molecular complexity index is 913. The second-order valence-electron chi connectivity index (χ2n) is 9.73. The molecule has 0 saturated carbocycles. The Morgan fingerprint density at radius 3 is 1.90 bits per heavy atom. The van der Waals surface area contributed by atoms with E-state index in [9.17, 15) is 14.7 Å². The van der Waals surface area contributed by atoms with E-state index in [1.54, 1.807) is 12.1 Å². The van der Waals surface area contributed by atoms with Gasteiger partial charge >= 0.3 is 0 Å². The third-order valence-corrected chi connectivity index (χ3v) is 5.48. The van der Waals surface area contributed by atoms with E-state index in [0.717, 1.165) is 10.5 Å². The Hall–Kier alpha value is -2.31. The fourth-order valence-electron chi connectivity index (χ4n) is 3.01. The number of benzene rings is 2. The van der Waals surface area contributed by atoms with Crippen molar-refractivity contribution in [2.24, 2.45) is 0 Å². The molecule has 0 saturated heterocycles. The molecule has 0 aliphatic heterocycles. The summed E-state index contributed by atoms with van der Waals surface area (Å²) in [5.41, 5.74) is 1.31. The molecule has 2 rings (SSSR count). The molecule has 0 aliphatic rings. The number of hydrogen-bond acceptors (Lipinski definition) is 4.